The number of ether oxygens (including phenoxy) is 1. The number of rotatable bonds is 7. The van der Waals surface area contributed by atoms with Gasteiger partial charge in [0.05, 0.1) is 0 Å². The van der Waals surface area contributed by atoms with Crippen LogP contribution in [0.3, 0.4) is 0 Å². The predicted molar refractivity (Wildman–Crippen MR) is 82.1 cm³/mol. The lowest BCUT2D eigenvalue weighted by molar-refractivity contribution is -0.134. The second-order valence-electron chi connectivity index (χ2n) is 4.78. The van der Waals surface area contributed by atoms with Crippen molar-refractivity contribution in [2.24, 2.45) is 5.73 Å². The molecule has 0 saturated heterocycles. The van der Waals surface area contributed by atoms with Crippen molar-refractivity contribution in [2.45, 2.75) is 18.9 Å². The Hall–Kier alpha value is -2.62. The molecule has 0 aliphatic heterocycles. The Kier molecular flexibility index (Phi) is 5.10. The number of hydrogen-bond donors (Lipinski definition) is 2. The van der Waals surface area contributed by atoms with E-state index in [1.54, 1.807) is 0 Å². The molecule has 0 amide bonds. The fourth-order valence-corrected chi connectivity index (χ4v) is 2.20. The SMILES string of the molecule is N=C(N)c1ccc(CCC(OC=O)c2ccccc2)cc1. The summed E-state index contributed by atoms with van der Waals surface area (Å²) in [7, 11) is 0. The Balaban J connectivity index is 2.01. The van der Waals surface area contributed by atoms with Crippen LogP contribution in [0.1, 0.15) is 29.2 Å². The van der Waals surface area contributed by atoms with Crippen molar-refractivity contribution < 1.29 is 9.53 Å². The highest BCUT2D eigenvalue weighted by atomic mass is 16.5. The van der Waals surface area contributed by atoms with Crippen LogP contribution in [0.25, 0.3) is 0 Å². The van der Waals surface area contributed by atoms with E-state index >= 15 is 0 Å². The zero-order valence-electron chi connectivity index (χ0n) is 11.7. The lowest BCUT2D eigenvalue weighted by atomic mass is 10.0. The van der Waals surface area contributed by atoms with E-state index < -0.39 is 0 Å². The molecule has 4 nitrogen and oxygen atoms in total. The average molecular weight is 282 g/mol. The number of benzene rings is 2. The molecule has 108 valence electrons. The van der Waals surface area contributed by atoms with Gasteiger partial charge in [0, 0.05) is 5.56 Å². The fraction of sp³-hybridized carbons (Fsp3) is 0.176. The quantitative estimate of drug-likeness (QED) is 0.466. The maximum atomic E-state index is 10.7. The van der Waals surface area contributed by atoms with Gasteiger partial charge in [-0.25, -0.2) is 0 Å². The highest BCUT2D eigenvalue weighted by Gasteiger charge is 2.12. The minimum absolute atomic E-state index is 0.0630. The molecule has 0 fully saturated rings. The van der Waals surface area contributed by atoms with Crippen molar-refractivity contribution in [3.05, 3.63) is 71.3 Å². The van der Waals surface area contributed by atoms with E-state index in [1.807, 2.05) is 54.6 Å². The molecule has 1 atom stereocenters. The monoisotopic (exact) mass is 282 g/mol. The van der Waals surface area contributed by atoms with Gasteiger partial charge < -0.3 is 10.5 Å². The second-order valence-corrected chi connectivity index (χ2v) is 4.78. The third-order valence-corrected chi connectivity index (χ3v) is 3.35. The summed E-state index contributed by atoms with van der Waals surface area (Å²) in [5.74, 6) is 0.0630. The number of carbonyl (C=O) groups excluding carboxylic acids is 1. The Bertz CT molecular complexity index is 594. The standard InChI is InChI=1S/C17H18N2O2/c18-17(19)15-9-6-13(7-10-15)8-11-16(21-12-20)14-4-2-1-3-5-14/h1-7,9-10,12,16H,8,11H2,(H3,18,19). The molecule has 2 aromatic carbocycles. The molecule has 0 aliphatic rings. The summed E-state index contributed by atoms with van der Waals surface area (Å²) < 4.78 is 5.18. The van der Waals surface area contributed by atoms with Gasteiger partial charge >= 0.3 is 0 Å². The fourth-order valence-electron chi connectivity index (χ4n) is 2.20. The lowest BCUT2D eigenvalue weighted by Crippen LogP contribution is -2.10. The maximum absolute atomic E-state index is 10.7. The Morgan fingerprint density at radius 2 is 1.81 bits per heavy atom. The molecule has 0 radical (unpaired) electrons. The first-order valence-corrected chi connectivity index (χ1v) is 6.78. The second kappa shape index (κ2) is 7.24. The van der Waals surface area contributed by atoms with Gasteiger partial charge in [0.1, 0.15) is 11.9 Å². The van der Waals surface area contributed by atoms with Gasteiger partial charge in [0.2, 0.25) is 0 Å². The number of nitrogens with two attached hydrogens (primary N) is 1. The van der Waals surface area contributed by atoms with Crippen molar-refractivity contribution in [1.82, 2.24) is 0 Å². The first-order chi connectivity index (χ1) is 10.2. The van der Waals surface area contributed by atoms with Gasteiger partial charge in [-0.05, 0) is 24.0 Å². The predicted octanol–water partition coefficient (Wildman–Crippen LogP) is 2.82. The van der Waals surface area contributed by atoms with Crippen LogP contribution in [0, 0.1) is 5.41 Å². The van der Waals surface area contributed by atoms with Crippen LogP contribution < -0.4 is 5.73 Å². The first kappa shape index (κ1) is 14.8. The number of nitrogens with one attached hydrogen (secondary N) is 1. The molecule has 21 heavy (non-hydrogen) atoms. The van der Waals surface area contributed by atoms with E-state index in [-0.39, 0.29) is 11.9 Å². The molecule has 0 bridgehead atoms. The van der Waals surface area contributed by atoms with E-state index in [0.717, 1.165) is 17.5 Å². The van der Waals surface area contributed by atoms with Crippen LogP contribution in [-0.2, 0) is 16.0 Å². The molecule has 3 N–H and O–H groups in total. The molecule has 0 heterocycles. The van der Waals surface area contributed by atoms with Gasteiger partial charge in [0.15, 0.2) is 0 Å². The van der Waals surface area contributed by atoms with Crippen molar-refractivity contribution in [1.29, 1.82) is 5.41 Å². The Morgan fingerprint density at radius 3 is 2.38 bits per heavy atom. The molecule has 2 rings (SSSR count). The van der Waals surface area contributed by atoms with Gasteiger partial charge in [-0.15, -0.1) is 0 Å². The molecule has 2 aromatic rings. The highest BCUT2D eigenvalue weighted by molar-refractivity contribution is 5.94. The van der Waals surface area contributed by atoms with Gasteiger partial charge in [-0.3, -0.25) is 10.2 Å². The van der Waals surface area contributed by atoms with E-state index in [1.165, 1.54) is 0 Å². The van der Waals surface area contributed by atoms with Gasteiger partial charge in [-0.2, -0.15) is 0 Å². The van der Waals surface area contributed by atoms with Crippen LogP contribution >= 0.6 is 0 Å². The Labute approximate surface area is 124 Å². The molecular weight excluding hydrogens is 264 g/mol. The number of carbonyl (C=O) groups is 1. The summed E-state index contributed by atoms with van der Waals surface area (Å²) in [5, 5.41) is 7.36. The zero-order chi connectivity index (χ0) is 15.1. The number of aryl methyl sites for hydroxylation is 1. The van der Waals surface area contributed by atoms with Gasteiger partial charge in [-0.1, -0.05) is 54.6 Å². The van der Waals surface area contributed by atoms with Crippen molar-refractivity contribution in [3.8, 4) is 0 Å². The highest BCUT2D eigenvalue weighted by Crippen LogP contribution is 2.22. The zero-order valence-corrected chi connectivity index (χ0v) is 11.7. The largest absolute Gasteiger partial charge is 0.460 e. The van der Waals surface area contributed by atoms with Crippen LogP contribution in [0.15, 0.2) is 54.6 Å². The summed E-state index contributed by atoms with van der Waals surface area (Å²) >= 11 is 0. The summed E-state index contributed by atoms with van der Waals surface area (Å²) in [6.07, 6.45) is 1.25. The van der Waals surface area contributed by atoms with Crippen LogP contribution in [0.5, 0.6) is 0 Å². The van der Waals surface area contributed by atoms with Crippen LogP contribution in [0.4, 0.5) is 0 Å². The maximum Gasteiger partial charge on any atom is 0.293 e. The third kappa shape index (κ3) is 4.18. The van der Waals surface area contributed by atoms with Crippen molar-refractivity contribution >= 4 is 12.3 Å². The number of amidine groups is 1. The summed E-state index contributed by atoms with van der Waals surface area (Å²) in [6, 6.07) is 17.2. The van der Waals surface area contributed by atoms with Crippen LogP contribution in [-0.4, -0.2) is 12.3 Å². The van der Waals surface area contributed by atoms with E-state index in [0.29, 0.717) is 18.5 Å². The Morgan fingerprint density at radius 1 is 1.14 bits per heavy atom. The first-order valence-electron chi connectivity index (χ1n) is 6.78. The average Bonchev–Trinajstić information content (AvgIpc) is 2.52. The minimum Gasteiger partial charge on any atom is -0.460 e. The topological polar surface area (TPSA) is 76.2 Å². The minimum atomic E-state index is -0.240. The molecule has 1 unspecified atom stereocenters. The number of nitrogen functional groups attached to an aromatic ring is 1. The molecule has 0 spiro atoms. The normalized spacial score (nSPS) is 11.6. The third-order valence-electron chi connectivity index (χ3n) is 3.35. The summed E-state index contributed by atoms with van der Waals surface area (Å²) in [6.45, 7) is 0.497. The van der Waals surface area contributed by atoms with Crippen molar-refractivity contribution in [2.75, 3.05) is 0 Å². The summed E-state index contributed by atoms with van der Waals surface area (Å²) in [5.41, 5.74) is 8.25. The van der Waals surface area contributed by atoms with Gasteiger partial charge in [0.25, 0.3) is 6.47 Å². The number of hydrogen-bond acceptors (Lipinski definition) is 3. The lowest BCUT2D eigenvalue weighted by Gasteiger charge is -2.15. The van der Waals surface area contributed by atoms with E-state index in [4.69, 9.17) is 15.9 Å². The van der Waals surface area contributed by atoms with E-state index in [9.17, 15) is 4.79 Å². The van der Waals surface area contributed by atoms with Crippen LogP contribution in [0.2, 0.25) is 0 Å². The van der Waals surface area contributed by atoms with E-state index in [2.05, 4.69) is 0 Å². The van der Waals surface area contributed by atoms with Crippen molar-refractivity contribution in [3.63, 3.8) is 0 Å². The molecule has 4 heteroatoms. The molecule has 0 saturated carbocycles. The molecule has 0 aromatic heterocycles. The smallest absolute Gasteiger partial charge is 0.293 e. The molecule has 0 aliphatic carbocycles. The molecular formula is C17H18N2O2. The summed E-state index contributed by atoms with van der Waals surface area (Å²) in [4.78, 5) is 10.7.